The smallest absolute Gasteiger partial charge is 0.329 e. The Morgan fingerprint density at radius 1 is 1.24 bits per heavy atom. The average molecular weight is 291 g/mol. The van der Waals surface area contributed by atoms with Crippen molar-refractivity contribution >= 4 is 17.5 Å². The Labute approximate surface area is 124 Å². The van der Waals surface area contributed by atoms with Crippen LogP contribution in [0, 0.1) is 6.92 Å². The summed E-state index contributed by atoms with van der Waals surface area (Å²) in [7, 11) is 1.57. The number of ether oxygens (including phenoxy) is 1. The number of carbonyl (C=O) groups is 2. The number of amides is 2. The fraction of sp³-hybridized carbons (Fsp3) is 0.400. The summed E-state index contributed by atoms with van der Waals surface area (Å²) >= 11 is 0. The number of carbonyl (C=O) groups excluding carboxylic acids is 2. The molecule has 0 heterocycles. The van der Waals surface area contributed by atoms with E-state index in [2.05, 4.69) is 15.8 Å². The second-order valence-corrected chi connectivity index (χ2v) is 4.97. The van der Waals surface area contributed by atoms with Crippen LogP contribution in [0.15, 0.2) is 23.3 Å². The molecule has 6 nitrogen and oxygen atoms in total. The molecule has 6 heteroatoms. The molecule has 0 aliphatic rings. The van der Waals surface area contributed by atoms with E-state index in [9.17, 15) is 9.59 Å². The maximum atomic E-state index is 11.6. The van der Waals surface area contributed by atoms with Crippen LogP contribution in [0.2, 0.25) is 0 Å². The van der Waals surface area contributed by atoms with Crippen molar-refractivity contribution in [2.24, 2.45) is 5.10 Å². The third kappa shape index (κ3) is 4.91. The maximum absolute atomic E-state index is 11.6. The van der Waals surface area contributed by atoms with Gasteiger partial charge in [-0.25, -0.2) is 5.43 Å². The first-order valence-corrected chi connectivity index (χ1v) is 6.65. The first-order valence-electron chi connectivity index (χ1n) is 6.65. The topological polar surface area (TPSA) is 79.8 Å². The number of hydrazone groups is 1. The molecule has 0 saturated carbocycles. The molecule has 0 atom stereocenters. The van der Waals surface area contributed by atoms with E-state index < -0.39 is 11.8 Å². The minimum Gasteiger partial charge on any atom is -0.496 e. The van der Waals surface area contributed by atoms with E-state index in [0.717, 1.165) is 11.1 Å². The molecule has 0 radical (unpaired) electrons. The number of rotatable bonds is 4. The summed E-state index contributed by atoms with van der Waals surface area (Å²) in [5, 5.41) is 6.44. The molecule has 0 spiro atoms. The van der Waals surface area contributed by atoms with E-state index in [1.807, 2.05) is 25.1 Å². The molecule has 1 aromatic rings. The lowest BCUT2D eigenvalue weighted by Crippen LogP contribution is -2.41. The van der Waals surface area contributed by atoms with Gasteiger partial charge >= 0.3 is 11.8 Å². The number of benzene rings is 1. The average Bonchev–Trinajstić information content (AvgIpc) is 2.43. The van der Waals surface area contributed by atoms with E-state index in [4.69, 9.17) is 4.74 Å². The molecule has 0 aliphatic carbocycles. The molecular weight excluding hydrogens is 270 g/mol. The summed E-state index contributed by atoms with van der Waals surface area (Å²) < 4.78 is 5.26. The minimum absolute atomic E-state index is 0.106. The van der Waals surface area contributed by atoms with Crippen molar-refractivity contribution in [3.8, 4) is 5.75 Å². The minimum atomic E-state index is -0.797. The van der Waals surface area contributed by atoms with E-state index in [-0.39, 0.29) is 6.04 Å². The molecule has 1 aromatic carbocycles. The number of hydrogen-bond acceptors (Lipinski definition) is 4. The zero-order valence-electron chi connectivity index (χ0n) is 13.0. The number of nitrogens with one attached hydrogen (secondary N) is 2. The summed E-state index contributed by atoms with van der Waals surface area (Å²) in [6.45, 7) is 7.23. The summed E-state index contributed by atoms with van der Waals surface area (Å²) in [6.07, 6.45) is 0. The molecule has 0 saturated heterocycles. The zero-order chi connectivity index (χ0) is 16.0. The second-order valence-electron chi connectivity index (χ2n) is 4.97. The lowest BCUT2D eigenvalue weighted by Gasteiger charge is -2.10. The van der Waals surface area contributed by atoms with Gasteiger partial charge in [0.25, 0.3) is 0 Å². The Kier molecular flexibility index (Phi) is 5.90. The van der Waals surface area contributed by atoms with Crippen LogP contribution < -0.4 is 15.5 Å². The molecule has 0 aliphatic heterocycles. The first-order chi connectivity index (χ1) is 9.85. The predicted molar refractivity (Wildman–Crippen MR) is 81.4 cm³/mol. The molecular formula is C15H21N3O3. The summed E-state index contributed by atoms with van der Waals surface area (Å²) in [5.41, 5.74) is 4.61. The van der Waals surface area contributed by atoms with E-state index in [1.54, 1.807) is 27.9 Å². The highest BCUT2D eigenvalue weighted by Crippen LogP contribution is 2.20. The standard InChI is InChI=1S/C15H21N3O3/c1-9(2)16-14(19)15(20)18-17-11(4)12-8-10(3)6-7-13(12)21-5/h6-9H,1-5H3,(H,16,19)(H,18,20)/b17-11-. The van der Waals surface area contributed by atoms with Gasteiger partial charge in [0, 0.05) is 11.6 Å². The van der Waals surface area contributed by atoms with Crippen molar-refractivity contribution in [2.45, 2.75) is 33.7 Å². The first kappa shape index (κ1) is 16.7. The highest BCUT2D eigenvalue weighted by Gasteiger charge is 2.14. The Morgan fingerprint density at radius 3 is 2.48 bits per heavy atom. The van der Waals surface area contributed by atoms with Crippen LogP contribution in [0.3, 0.4) is 0 Å². The SMILES string of the molecule is COc1ccc(C)cc1/C(C)=N\NC(=O)C(=O)NC(C)C. The van der Waals surface area contributed by atoms with Crippen LogP contribution in [-0.2, 0) is 9.59 Å². The molecule has 2 N–H and O–H groups in total. The highest BCUT2D eigenvalue weighted by molar-refractivity contribution is 6.35. The van der Waals surface area contributed by atoms with Gasteiger partial charge in [0.05, 0.1) is 12.8 Å². The van der Waals surface area contributed by atoms with Gasteiger partial charge in [-0.15, -0.1) is 0 Å². The highest BCUT2D eigenvalue weighted by atomic mass is 16.5. The predicted octanol–water partition coefficient (Wildman–Crippen LogP) is 1.37. The lowest BCUT2D eigenvalue weighted by molar-refractivity contribution is -0.139. The van der Waals surface area contributed by atoms with Crippen molar-refractivity contribution in [2.75, 3.05) is 7.11 Å². The van der Waals surface area contributed by atoms with Gasteiger partial charge in [-0.2, -0.15) is 5.10 Å². The van der Waals surface area contributed by atoms with Crippen molar-refractivity contribution in [3.05, 3.63) is 29.3 Å². The summed E-state index contributed by atoms with van der Waals surface area (Å²) in [4.78, 5) is 23.0. The summed E-state index contributed by atoms with van der Waals surface area (Å²) in [6, 6.07) is 5.55. The van der Waals surface area contributed by atoms with Gasteiger partial charge in [0.2, 0.25) is 0 Å². The zero-order valence-corrected chi connectivity index (χ0v) is 13.0. The van der Waals surface area contributed by atoms with Crippen LogP contribution in [0.1, 0.15) is 31.9 Å². The van der Waals surface area contributed by atoms with Crippen molar-refractivity contribution in [1.82, 2.24) is 10.7 Å². The fourth-order valence-electron chi connectivity index (χ4n) is 1.68. The molecule has 1 rings (SSSR count). The van der Waals surface area contributed by atoms with E-state index in [1.165, 1.54) is 0 Å². The Hall–Kier alpha value is -2.37. The summed E-state index contributed by atoms with van der Waals surface area (Å²) in [5.74, 6) is -0.852. The molecule has 0 bridgehead atoms. The fourth-order valence-corrected chi connectivity index (χ4v) is 1.68. The Morgan fingerprint density at radius 2 is 1.90 bits per heavy atom. The van der Waals surface area contributed by atoms with E-state index >= 15 is 0 Å². The van der Waals surface area contributed by atoms with Crippen LogP contribution in [0.5, 0.6) is 5.75 Å². The quantitative estimate of drug-likeness (QED) is 0.499. The van der Waals surface area contributed by atoms with Crippen molar-refractivity contribution in [3.63, 3.8) is 0 Å². The third-order valence-corrected chi connectivity index (χ3v) is 2.70. The maximum Gasteiger partial charge on any atom is 0.329 e. The molecule has 2 amide bonds. The second kappa shape index (κ2) is 7.42. The molecule has 21 heavy (non-hydrogen) atoms. The van der Waals surface area contributed by atoms with Crippen LogP contribution in [-0.4, -0.2) is 30.7 Å². The van der Waals surface area contributed by atoms with Gasteiger partial charge in [0.15, 0.2) is 0 Å². The number of nitrogens with zero attached hydrogens (tertiary/aromatic N) is 1. The monoisotopic (exact) mass is 291 g/mol. The third-order valence-electron chi connectivity index (χ3n) is 2.70. The van der Waals surface area contributed by atoms with Gasteiger partial charge in [-0.05, 0) is 39.8 Å². The van der Waals surface area contributed by atoms with Gasteiger partial charge < -0.3 is 10.1 Å². The number of hydrogen-bond donors (Lipinski definition) is 2. The molecule has 0 aromatic heterocycles. The number of aryl methyl sites for hydroxylation is 1. The van der Waals surface area contributed by atoms with Crippen LogP contribution >= 0.6 is 0 Å². The Balaban J connectivity index is 2.84. The van der Waals surface area contributed by atoms with Gasteiger partial charge in [0.1, 0.15) is 5.75 Å². The normalized spacial score (nSPS) is 11.2. The van der Waals surface area contributed by atoms with Gasteiger partial charge in [-0.1, -0.05) is 11.6 Å². The van der Waals surface area contributed by atoms with Crippen molar-refractivity contribution in [1.29, 1.82) is 0 Å². The van der Waals surface area contributed by atoms with E-state index in [0.29, 0.717) is 11.5 Å². The van der Waals surface area contributed by atoms with Crippen LogP contribution in [0.25, 0.3) is 0 Å². The van der Waals surface area contributed by atoms with Gasteiger partial charge in [-0.3, -0.25) is 9.59 Å². The number of methoxy groups -OCH3 is 1. The lowest BCUT2D eigenvalue weighted by atomic mass is 10.1. The molecule has 0 unspecified atom stereocenters. The molecule has 114 valence electrons. The van der Waals surface area contributed by atoms with Crippen molar-refractivity contribution < 1.29 is 14.3 Å². The Bertz CT molecular complexity index is 565. The largest absolute Gasteiger partial charge is 0.496 e. The van der Waals surface area contributed by atoms with Crippen LogP contribution in [0.4, 0.5) is 0 Å². The molecule has 0 fully saturated rings.